The number of hydrogen-bond donors (Lipinski definition) is 1. The number of fused-ring (bicyclic) bond motifs is 1. The quantitative estimate of drug-likeness (QED) is 0.556. The van der Waals surface area contributed by atoms with Crippen LogP contribution in [0.15, 0.2) is 29.8 Å². The highest BCUT2D eigenvalue weighted by Crippen LogP contribution is 2.28. The second-order valence-corrected chi connectivity index (χ2v) is 11.8. The minimum Gasteiger partial charge on any atom is -0.472 e. The Bertz CT molecular complexity index is 1250. The van der Waals surface area contributed by atoms with Crippen LogP contribution in [0, 0.1) is 23.7 Å². The lowest BCUT2D eigenvalue weighted by atomic mass is 10.00. The van der Waals surface area contributed by atoms with Gasteiger partial charge in [-0.3, -0.25) is 4.79 Å². The Morgan fingerprint density at radius 2 is 2.03 bits per heavy atom. The van der Waals surface area contributed by atoms with Crippen molar-refractivity contribution in [1.29, 1.82) is 0 Å². The van der Waals surface area contributed by atoms with Gasteiger partial charge in [0, 0.05) is 50.9 Å². The van der Waals surface area contributed by atoms with Crippen molar-refractivity contribution in [2.24, 2.45) is 18.9 Å². The molecule has 3 rings (SSSR count). The van der Waals surface area contributed by atoms with Gasteiger partial charge in [0.1, 0.15) is 11.7 Å². The number of aliphatic hydroxyl groups is 1. The van der Waals surface area contributed by atoms with Gasteiger partial charge in [0.25, 0.3) is 15.9 Å². The fraction of sp³-hybridized carbons (Fsp3) is 0.560. The molecule has 0 aliphatic carbocycles. The topological polar surface area (TPSA) is 118 Å². The molecule has 0 saturated carbocycles. The van der Waals surface area contributed by atoms with Gasteiger partial charge in [-0.15, -0.1) is 0 Å². The Labute approximate surface area is 213 Å². The van der Waals surface area contributed by atoms with Gasteiger partial charge in [-0.2, -0.15) is 4.31 Å². The minimum absolute atomic E-state index is 0.0205. The van der Waals surface area contributed by atoms with Crippen LogP contribution in [-0.4, -0.2) is 82.1 Å². The first-order valence-electron chi connectivity index (χ1n) is 12.0. The average molecular weight is 518 g/mol. The maximum Gasteiger partial charge on any atom is 0.261 e. The van der Waals surface area contributed by atoms with Gasteiger partial charge in [0.05, 0.1) is 25.5 Å². The number of amides is 1. The summed E-state index contributed by atoms with van der Waals surface area (Å²) in [6, 6.07) is 1.20. The van der Waals surface area contributed by atoms with Crippen LogP contribution in [0.5, 0.6) is 5.88 Å². The summed E-state index contributed by atoms with van der Waals surface area (Å²) in [5, 5.41) is 9.75. The zero-order chi connectivity index (χ0) is 26.6. The van der Waals surface area contributed by atoms with E-state index in [2.05, 4.69) is 35.7 Å². The molecule has 2 aromatic heterocycles. The fourth-order valence-electron chi connectivity index (χ4n) is 3.78. The van der Waals surface area contributed by atoms with Crippen LogP contribution < -0.4 is 4.74 Å². The maximum absolute atomic E-state index is 13.5. The van der Waals surface area contributed by atoms with Crippen LogP contribution in [0.4, 0.5) is 0 Å². The molecule has 1 aliphatic heterocycles. The predicted molar refractivity (Wildman–Crippen MR) is 135 cm³/mol. The monoisotopic (exact) mass is 517 g/mol. The predicted octanol–water partition coefficient (Wildman–Crippen LogP) is 1.75. The molecule has 3 heterocycles. The van der Waals surface area contributed by atoms with Crippen molar-refractivity contribution in [2.75, 3.05) is 26.7 Å². The number of aromatic nitrogens is 3. The van der Waals surface area contributed by atoms with E-state index in [1.165, 1.54) is 23.9 Å². The number of nitrogens with zero attached hydrogens (tertiary/aromatic N) is 5. The number of rotatable bonds is 7. The molecule has 1 aliphatic rings. The third-order valence-corrected chi connectivity index (χ3v) is 7.77. The summed E-state index contributed by atoms with van der Waals surface area (Å²) in [5.74, 6) is 6.10. The molecule has 1 N–H and O–H groups in total. The standard InChI is InChI=1S/C25H35N5O5S/c1-17(2)8-7-9-20-10-21-24(26-11-20)35-22(18(3)12-30(25(21)32)19(4)15-31)13-29(6)36(33,34)23-14-28(5)16-27-23/h10-11,14,16-19,22,31H,8,12-13,15H2,1-6H3/t18-,19-,22+/m1/s1. The van der Waals surface area contributed by atoms with Crippen molar-refractivity contribution >= 4 is 15.9 Å². The number of likely N-dealkylation sites (N-methyl/N-ethyl adjacent to an activating group) is 1. The number of aliphatic hydroxyl groups excluding tert-OH is 1. The average Bonchev–Trinajstić information content (AvgIpc) is 3.27. The smallest absolute Gasteiger partial charge is 0.261 e. The normalized spacial score (nSPS) is 19.2. The van der Waals surface area contributed by atoms with Gasteiger partial charge < -0.3 is 19.3 Å². The van der Waals surface area contributed by atoms with Crippen LogP contribution in [-0.2, 0) is 17.1 Å². The molecule has 10 nitrogen and oxygen atoms in total. The lowest BCUT2D eigenvalue weighted by molar-refractivity contribution is 0.0373. The molecule has 196 valence electrons. The first-order valence-corrected chi connectivity index (χ1v) is 13.4. The highest BCUT2D eigenvalue weighted by molar-refractivity contribution is 7.89. The molecule has 3 atom stereocenters. The molecule has 0 fully saturated rings. The molecule has 2 aromatic rings. The van der Waals surface area contributed by atoms with Crippen molar-refractivity contribution in [3.63, 3.8) is 0 Å². The number of sulfonamides is 1. The molecule has 36 heavy (non-hydrogen) atoms. The summed E-state index contributed by atoms with van der Waals surface area (Å²) < 4.78 is 35.1. The van der Waals surface area contributed by atoms with E-state index in [9.17, 15) is 18.3 Å². The molecule has 0 radical (unpaired) electrons. The summed E-state index contributed by atoms with van der Waals surface area (Å²) in [6.07, 6.45) is 4.52. The van der Waals surface area contributed by atoms with Crippen molar-refractivity contribution < 1.29 is 23.1 Å². The lowest BCUT2D eigenvalue weighted by Gasteiger charge is -2.37. The highest BCUT2D eigenvalue weighted by atomic mass is 32.2. The van der Waals surface area contributed by atoms with E-state index in [0.717, 1.165) is 0 Å². The second-order valence-electron chi connectivity index (χ2n) is 9.76. The first kappa shape index (κ1) is 27.6. The van der Waals surface area contributed by atoms with E-state index in [1.807, 2.05) is 6.92 Å². The van der Waals surface area contributed by atoms with Crippen LogP contribution in [0.1, 0.15) is 50.0 Å². The second kappa shape index (κ2) is 11.4. The molecular formula is C25H35N5O5S. The van der Waals surface area contributed by atoms with Crippen molar-refractivity contribution in [3.05, 3.63) is 35.9 Å². The Morgan fingerprint density at radius 3 is 2.64 bits per heavy atom. The fourth-order valence-corrected chi connectivity index (χ4v) is 4.92. The van der Waals surface area contributed by atoms with E-state index in [1.54, 1.807) is 35.7 Å². The summed E-state index contributed by atoms with van der Waals surface area (Å²) in [5.41, 5.74) is 0.821. The Kier molecular flexibility index (Phi) is 8.76. The van der Waals surface area contributed by atoms with Gasteiger partial charge >= 0.3 is 0 Å². The molecule has 0 aromatic carbocycles. The van der Waals surface area contributed by atoms with Gasteiger partial charge in [-0.05, 0) is 18.9 Å². The number of carbonyl (C=O) groups excluding carboxylic acids is 1. The van der Waals surface area contributed by atoms with Gasteiger partial charge in [0.15, 0.2) is 5.03 Å². The van der Waals surface area contributed by atoms with Crippen molar-refractivity contribution in [2.45, 2.75) is 51.3 Å². The summed E-state index contributed by atoms with van der Waals surface area (Å²) in [6.45, 7) is 7.87. The van der Waals surface area contributed by atoms with Crippen molar-refractivity contribution in [1.82, 2.24) is 23.7 Å². The number of ether oxygens (including phenoxy) is 1. The third kappa shape index (κ3) is 6.24. The summed E-state index contributed by atoms with van der Waals surface area (Å²) >= 11 is 0. The third-order valence-electron chi connectivity index (χ3n) is 6.06. The van der Waals surface area contributed by atoms with Crippen molar-refractivity contribution in [3.8, 4) is 17.7 Å². The van der Waals surface area contributed by atoms with Gasteiger partial charge in [-0.1, -0.05) is 32.6 Å². The Morgan fingerprint density at radius 1 is 1.31 bits per heavy atom. The van der Waals surface area contributed by atoms with Crippen LogP contribution in [0.3, 0.4) is 0 Å². The first-order chi connectivity index (χ1) is 16.9. The minimum atomic E-state index is -3.85. The van der Waals surface area contributed by atoms with Crippen LogP contribution in [0.25, 0.3) is 0 Å². The number of hydrogen-bond acceptors (Lipinski definition) is 7. The maximum atomic E-state index is 13.5. The zero-order valence-electron chi connectivity index (χ0n) is 21.7. The molecule has 1 amide bonds. The highest BCUT2D eigenvalue weighted by Gasteiger charge is 2.36. The molecule has 0 bridgehead atoms. The zero-order valence-corrected chi connectivity index (χ0v) is 22.5. The van der Waals surface area contributed by atoms with Gasteiger partial charge in [-0.25, -0.2) is 18.4 Å². The number of carbonyl (C=O) groups is 1. The van der Waals surface area contributed by atoms with Crippen LogP contribution >= 0.6 is 0 Å². The summed E-state index contributed by atoms with van der Waals surface area (Å²) in [4.78, 5) is 23.4. The number of aryl methyl sites for hydroxylation is 1. The van der Waals surface area contributed by atoms with E-state index < -0.39 is 22.2 Å². The molecule has 0 unspecified atom stereocenters. The summed E-state index contributed by atoms with van der Waals surface area (Å²) in [7, 11) is -0.676. The molecule has 11 heteroatoms. The number of imidazole rings is 1. The van der Waals surface area contributed by atoms with E-state index >= 15 is 0 Å². The van der Waals surface area contributed by atoms with Gasteiger partial charge in [0.2, 0.25) is 5.88 Å². The molecular weight excluding hydrogens is 482 g/mol. The van der Waals surface area contributed by atoms with Crippen LogP contribution in [0.2, 0.25) is 0 Å². The largest absolute Gasteiger partial charge is 0.472 e. The molecule has 0 spiro atoms. The SMILES string of the molecule is CC(C)CC#Cc1cnc2c(c1)C(=O)N([C@H](C)CO)C[C@@H](C)[C@H](CN(C)S(=O)(=O)c1cn(C)cn1)O2. The molecule has 0 saturated heterocycles. The van der Waals surface area contributed by atoms with E-state index in [0.29, 0.717) is 17.9 Å². The number of pyridine rings is 1. The Balaban J connectivity index is 1.97. The van der Waals surface area contributed by atoms with E-state index in [-0.39, 0.29) is 48.0 Å². The Hall–Kier alpha value is -2.94. The van der Waals surface area contributed by atoms with E-state index in [4.69, 9.17) is 4.74 Å². The lowest BCUT2D eigenvalue weighted by Crippen LogP contribution is -2.50.